The fraction of sp³-hybridized carbons (Fsp3) is 0.607. The van der Waals surface area contributed by atoms with Crippen molar-refractivity contribution in [2.75, 3.05) is 5.32 Å². The molecule has 1 aliphatic carbocycles. The second kappa shape index (κ2) is 9.08. The molecular weight excluding hydrogens is 442 g/mol. The Kier molecular flexibility index (Phi) is 6.24. The van der Waals surface area contributed by atoms with Crippen molar-refractivity contribution < 1.29 is 19.1 Å². The minimum absolute atomic E-state index is 0.132. The van der Waals surface area contributed by atoms with Crippen LogP contribution in [0.4, 0.5) is 5.69 Å². The lowest BCUT2D eigenvalue weighted by Crippen LogP contribution is -2.58. The van der Waals surface area contributed by atoms with Gasteiger partial charge in [0.15, 0.2) is 0 Å². The summed E-state index contributed by atoms with van der Waals surface area (Å²) in [5, 5.41) is 6.24. The molecule has 7 nitrogen and oxygen atoms in total. The van der Waals surface area contributed by atoms with Gasteiger partial charge < -0.3 is 20.3 Å². The minimum Gasteiger partial charge on any atom is -0.359 e. The van der Waals surface area contributed by atoms with Crippen molar-refractivity contribution in [1.29, 1.82) is 0 Å². The zero-order valence-electron chi connectivity index (χ0n) is 21.2. The number of nitrogens with zero attached hydrogens (tertiary/aromatic N) is 1. The average molecular weight is 480 g/mol. The number of anilines is 1. The lowest BCUT2D eigenvalue weighted by Gasteiger charge is -2.36. The van der Waals surface area contributed by atoms with Crippen molar-refractivity contribution in [1.82, 2.24) is 10.2 Å². The van der Waals surface area contributed by atoms with Crippen LogP contribution in [-0.2, 0) is 19.1 Å². The maximum absolute atomic E-state index is 13.9. The van der Waals surface area contributed by atoms with Crippen LogP contribution < -0.4 is 10.6 Å². The van der Waals surface area contributed by atoms with E-state index in [1.807, 2.05) is 58.0 Å². The molecule has 1 aromatic rings. The normalized spacial score (nSPS) is 32.6. The maximum atomic E-state index is 13.9. The summed E-state index contributed by atoms with van der Waals surface area (Å²) in [4.78, 5) is 42.9. The summed E-state index contributed by atoms with van der Waals surface area (Å²) >= 11 is 0. The molecule has 7 heteroatoms. The van der Waals surface area contributed by atoms with Crippen LogP contribution in [0.1, 0.15) is 63.5 Å². The lowest BCUT2D eigenvalue weighted by molar-refractivity contribution is -0.143. The van der Waals surface area contributed by atoms with Crippen molar-refractivity contribution in [2.45, 2.75) is 96.1 Å². The number of rotatable bonds is 6. The predicted molar refractivity (Wildman–Crippen MR) is 134 cm³/mol. The minimum atomic E-state index is -1.10. The largest absolute Gasteiger partial charge is 0.359 e. The molecule has 35 heavy (non-hydrogen) atoms. The quantitative estimate of drug-likeness (QED) is 0.610. The molecule has 1 spiro atoms. The topological polar surface area (TPSA) is 87.7 Å². The van der Waals surface area contributed by atoms with Gasteiger partial charge in [-0.25, -0.2) is 0 Å². The Morgan fingerprint density at radius 1 is 1.14 bits per heavy atom. The van der Waals surface area contributed by atoms with Gasteiger partial charge in [0.05, 0.1) is 17.9 Å². The summed E-state index contributed by atoms with van der Waals surface area (Å²) in [6.45, 7) is 8.01. The summed E-state index contributed by atoms with van der Waals surface area (Å²) in [6, 6.07) is 5.02. The van der Waals surface area contributed by atoms with E-state index in [0.29, 0.717) is 12.1 Å². The lowest BCUT2D eigenvalue weighted by atomic mass is 9.74. The number of aryl methyl sites for hydroxylation is 2. The highest BCUT2D eigenvalue weighted by molar-refractivity contribution is 6.03. The molecule has 0 radical (unpaired) electrons. The van der Waals surface area contributed by atoms with E-state index in [0.717, 1.165) is 36.8 Å². The number of hydrogen-bond donors (Lipinski definition) is 2. The smallest absolute Gasteiger partial charge is 0.246 e. The Morgan fingerprint density at radius 3 is 2.57 bits per heavy atom. The van der Waals surface area contributed by atoms with Crippen molar-refractivity contribution in [2.24, 2.45) is 11.8 Å². The Balaban J connectivity index is 1.44. The Labute approximate surface area is 207 Å². The molecule has 5 rings (SSSR count). The number of amides is 3. The third kappa shape index (κ3) is 3.88. The van der Waals surface area contributed by atoms with Gasteiger partial charge >= 0.3 is 0 Å². The highest BCUT2D eigenvalue weighted by Crippen LogP contribution is 2.55. The first kappa shape index (κ1) is 24.0. The molecule has 6 atom stereocenters. The van der Waals surface area contributed by atoms with Gasteiger partial charge in [-0.1, -0.05) is 44.4 Å². The second-order valence-electron chi connectivity index (χ2n) is 10.8. The van der Waals surface area contributed by atoms with Gasteiger partial charge in [-0.05, 0) is 63.3 Å². The monoisotopic (exact) mass is 479 g/mol. The van der Waals surface area contributed by atoms with Crippen LogP contribution in [0.2, 0.25) is 0 Å². The van der Waals surface area contributed by atoms with Crippen molar-refractivity contribution in [3.05, 3.63) is 41.5 Å². The first-order valence-corrected chi connectivity index (χ1v) is 13.1. The SMILES string of the molecule is CCC(C)N1C(=O)[C@H]2C(C(=O)Nc3ccc(C)c(C)c3)[C@H]3C=CC2(O3)C1C(=O)NC1CCCCC1. The zero-order chi connectivity index (χ0) is 24.9. The van der Waals surface area contributed by atoms with E-state index in [9.17, 15) is 14.4 Å². The molecule has 0 aromatic heterocycles. The molecule has 2 bridgehead atoms. The van der Waals surface area contributed by atoms with E-state index >= 15 is 0 Å². The van der Waals surface area contributed by atoms with Gasteiger partial charge in [-0.3, -0.25) is 14.4 Å². The standard InChI is InChI=1S/C28H37N3O4/c1-5-18(4)31-24(26(33)29-19-9-7-6-8-10-19)28-14-13-21(35-28)22(23(28)27(31)34)25(32)30-20-12-11-16(2)17(3)15-20/h11-15,18-19,21-24H,5-10H2,1-4H3,(H,29,33)(H,30,32)/t18?,21-,22?,23-,24?,28?/m1/s1. The number of fused-ring (bicyclic) bond motifs is 1. The van der Waals surface area contributed by atoms with Crippen LogP contribution in [0.25, 0.3) is 0 Å². The molecular formula is C28H37N3O4. The molecule has 2 saturated heterocycles. The zero-order valence-corrected chi connectivity index (χ0v) is 21.2. The summed E-state index contributed by atoms with van der Waals surface area (Å²) in [6.07, 6.45) is 9.30. The fourth-order valence-electron chi connectivity index (χ4n) is 6.45. The van der Waals surface area contributed by atoms with E-state index in [1.54, 1.807) is 4.90 Å². The molecule has 4 unspecified atom stereocenters. The van der Waals surface area contributed by atoms with E-state index in [2.05, 4.69) is 10.6 Å². The molecule has 2 N–H and O–H groups in total. The van der Waals surface area contributed by atoms with E-state index in [1.165, 1.54) is 6.42 Å². The van der Waals surface area contributed by atoms with Gasteiger partial charge in [0.2, 0.25) is 17.7 Å². The first-order chi connectivity index (χ1) is 16.8. The number of nitrogens with one attached hydrogen (secondary N) is 2. The Morgan fingerprint density at radius 2 is 1.89 bits per heavy atom. The molecule has 3 heterocycles. The average Bonchev–Trinajstić information content (AvgIpc) is 3.49. The van der Waals surface area contributed by atoms with E-state index < -0.39 is 29.6 Å². The third-order valence-corrected chi connectivity index (χ3v) is 8.65. The van der Waals surface area contributed by atoms with Gasteiger partial charge in [0, 0.05) is 17.8 Å². The summed E-state index contributed by atoms with van der Waals surface area (Å²) < 4.78 is 6.42. The number of hydrogen-bond acceptors (Lipinski definition) is 4. The Hall–Kier alpha value is -2.67. The molecule has 4 aliphatic rings. The first-order valence-electron chi connectivity index (χ1n) is 13.1. The van der Waals surface area contributed by atoms with Crippen molar-refractivity contribution in [3.63, 3.8) is 0 Å². The van der Waals surface area contributed by atoms with Crippen LogP contribution in [0.15, 0.2) is 30.4 Å². The van der Waals surface area contributed by atoms with Gasteiger partial charge in [0.25, 0.3) is 0 Å². The highest BCUT2D eigenvalue weighted by atomic mass is 16.5. The van der Waals surface area contributed by atoms with Crippen LogP contribution in [0, 0.1) is 25.7 Å². The summed E-state index contributed by atoms with van der Waals surface area (Å²) in [5.74, 6) is -1.93. The van der Waals surface area contributed by atoms with E-state index in [-0.39, 0.29) is 29.8 Å². The number of carbonyl (C=O) groups excluding carboxylic acids is 3. The number of carbonyl (C=O) groups is 3. The third-order valence-electron chi connectivity index (χ3n) is 8.65. The van der Waals surface area contributed by atoms with Crippen LogP contribution in [0.3, 0.4) is 0 Å². The molecule has 3 aliphatic heterocycles. The fourth-order valence-corrected chi connectivity index (χ4v) is 6.45. The summed E-state index contributed by atoms with van der Waals surface area (Å²) in [5.41, 5.74) is 1.84. The highest BCUT2D eigenvalue weighted by Gasteiger charge is 2.73. The number of benzene rings is 1. The summed E-state index contributed by atoms with van der Waals surface area (Å²) in [7, 11) is 0. The number of likely N-dealkylation sites (tertiary alicyclic amines) is 1. The number of ether oxygens (including phenoxy) is 1. The molecule has 1 aromatic carbocycles. The van der Waals surface area contributed by atoms with Gasteiger partial charge in [0.1, 0.15) is 11.6 Å². The van der Waals surface area contributed by atoms with Gasteiger partial charge in [-0.15, -0.1) is 0 Å². The van der Waals surface area contributed by atoms with E-state index in [4.69, 9.17) is 4.74 Å². The van der Waals surface area contributed by atoms with Crippen LogP contribution in [-0.4, -0.2) is 52.5 Å². The molecule has 3 amide bonds. The predicted octanol–water partition coefficient (Wildman–Crippen LogP) is 3.64. The molecule has 1 saturated carbocycles. The van der Waals surface area contributed by atoms with Crippen LogP contribution >= 0.6 is 0 Å². The molecule has 3 fully saturated rings. The van der Waals surface area contributed by atoms with Crippen LogP contribution in [0.5, 0.6) is 0 Å². The van der Waals surface area contributed by atoms with Crippen molar-refractivity contribution >= 4 is 23.4 Å². The van der Waals surface area contributed by atoms with Gasteiger partial charge in [-0.2, -0.15) is 0 Å². The second-order valence-corrected chi connectivity index (χ2v) is 10.8. The maximum Gasteiger partial charge on any atom is 0.246 e. The molecule has 188 valence electrons. The van der Waals surface area contributed by atoms with Crippen molar-refractivity contribution in [3.8, 4) is 0 Å². The Bertz CT molecular complexity index is 1060.